The molecule has 0 aliphatic heterocycles. The number of hydrogen-bond donors (Lipinski definition) is 2. The quantitative estimate of drug-likeness (QED) is 0.814. The molecule has 0 aliphatic carbocycles. The number of aryl methyl sites for hydroxylation is 2. The van der Waals surface area contributed by atoms with Crippen molar-refractivity contribution in [3.8, 4) is 0 Å². The van der Waals surface area contributed by atoms with Gasteiger partial charge in [-0.1, -0.05) is 6.92 Å². The van der Waals surface area contributed by atoms with Crippen LogP contribution in [0.4, 0.5) is 17.2 Å². The van der Waals surface area contributed by atoms with Crippen LogP contribution >= 0.6 is 11.6 Å². The van der Waals surface area contributed by atoms with Crippen LogP contribution in [0.15, 0.2) is 12.4 Å². The number of anilines is 3. The van der Waals surface area contributed by atoms with Crippen LogP contribution in [0.1, 0.15) is 12.6 Å². The second-order valence-corrected chi connectivity index (χ2v) is 3.92. The van der Waals surface area contributed by atoms with Crippen LogP contribution < -0.4 is 11.1 Å². The van der Waals surface area contributed by atoms with E-state index in [1.54, 1.807) is 4.68 Å². The van der Waals surface area contributed by atoms with Crippen molar-refractivity contribution in [2.24, 2.45) is 7.05 Å². The summed E-state index contributed by atoms with van der Waals surface area (Å²) in [5, 5.41) is 7.58. The average Bonchev–Trinajstić information content (AvgIpc) is 2.64. The van der Waals surface area contributed by atoms with Crippen molar-refractivity contribution in [3.63, 3.8) is 0 Å². The Labute approximate surface area is 104 Å². The van der Waals surface area contributed by atoms with Gasteiger partial charge in [-0.25, -0.2) is 4.98 Å². The fourth-order valence-corrected chi connectivity index (χ4v) is 1.63. The van der Waals surface area contributed by atoms with E-state index in [0.717, 1.165) is 17.8 Å². The summed E-state index contributed by atoms with van der Waals surface area (Å²) in [6.45, 7) is 2.03. The Bertz CT molecular complexity index is 536. The molecule has 0 saturated heterocycles. The van der Waals surface area contributed by atoms with E-state index in [0.29, 0.717) is 11.5 Å². The molecule has 3 N–H and O–H groups in total. The van der Waals surface area contributed by atoms with Crippen molar-refractivity contribution < 1.29 is 0 Å². The summed E-state index contributed by atoms with van der Waals surface area (Å²) in [5.41, 5.74) is 8.02. The molecule has 0 radical (unpaired) electrons. The van der Waals surface area contributed by atoms with Crippen molar-refractivity contribution in [2.75, 3.05) is 11.1 Å². The number of hydrogen-bond acceptors (Lipinski definition) is 5. The Morgan fingerprint density at radius 3 is 3.00 bits per heavy atom. The maximum absolute atomic E-state index is 5.76. The van der Waals surface area contributed by atoms with E-state index >= 15 is 0 Å². The standard InChI is InChI=1S/C10H13ClN6/c1-3-7-8(5-17(2)16-7)14-9-6(12)4-13-10(11)15-9/h4-5H,3,12H2,1-2H3,(H,13,14,15). The summed E-state index contributed by atoms with van der Waals surface area (Å²) in [4.78, 5) is 7.83. The predicted octanol–water partition coefficient (Wildman–Crippen LogP) is 1.75. The van der Waals surface area contributed by atoms with Crippen LogP contribution in [-0.4, -0.2) is 19.7 Å². The molecule has 2 heterocycles. The molecule has 6 nitrogen and oxygen atoms in total. The first-order chi connectivity index (χ1) is 8.10. The van der Waals surface area contributed by atoms with Crippen LogP contribution in [-0.2, 0) is 13.5 Å². The highest BCUT2D eigenvalue weighted by molar-refractivity contribution is 6.28. The molecule has 2 rings (SSSR count). The Kier molecular flexibility index (Phi) is 3.14. The summed E-state index contributed by atoms with van der Waals surface area (Å²) in [6.07, 6.45) is 4.16. The van der Waals surface area contributed by atoms with E-state index in [1.165, 1.54) is 6.20 Å². The van der Waals surface area contributed by atoms with Gasteiger partial charge in [-0.15, -0.1) is 0 Å². The van der Waals surface area contributed by atoms with Gasteiger partial charge < -0.3 is 11.1 Å². The second kappa shape index (κ2) is 4.58. The number of nitrogens with two attached hydrogens (primary N) is 1. The Morgan fingerprint density at radius 1 is 1.53 bits per heavy atom. The van der Waals surface area contributed by atoms with E-state index in [9.17, 15) is 0 Å². The molecule has 0 bridgehead atoms. The van der Waals surface area contributed by atoms with Gasteiger partial charge in [0.2, 0.25) is 5.28 Å². The van der Waals surface area contributed by atoms with Gasteiger partial charge in [0, 0.05) is 13.2 Å². The summed E-state index contributed by atoms with van der Waals surface area (Å²) < 4.78 is 1.74. The minimum atomic E-state index is 0.156. The number of nitrogens with one attached hydrogen (secondary N) is 1. The van der Waals surface area contributed by atoms with E-state index in [-0.39, 0.29) is 5.28 Å². The zero-order chi connectivity index (χ0) is 12.4. The molecule has 0 unspecified atom stereocenters. The van der Waals surface area contributed by atoms with E-state index < -0.39 is 0 Å². The molecule has 0 spiro atoms. The molecule has 0 aromatic carbocycles. The SMILES string of the molecule is CCc1nn(C)cc1Nc1nc(Cl)ncc1N. The molecule has 7 heteroatoms. The molecule has 2 aromatic heterocycles. The third-order valence-corrected chi connectivity index (χ3v) is 2.46. The topological polar surface area (TPSA) is 81.7 Å². The van der Waals surface area contributed by atoms with Gasteiger partial charge in [-0.05, 0) is 18.0 Å². The first kappa shape index (κ1) is 11.7. The maximum Gasteiger partial charge on any atom is 0.224 e. The molecular formula is C10H13ClN6. The highest BCUT2D eigenvalue weighted by Gasteiger charge is 2.09. The lowest BCUT2D eigenvalue weighted by Crippen LogP contribution is -2.01. The van der Waals surface area contributed by atoms with Gasteiger partial charge in [-0.3, -0.25) is 4.68 Å². The number of aromatic nitrogens is 4. The first-order valence-electron chi connectivity index (χ1n) is 5.17. The predicted molar refractivity (Wildman–Crippen MR) is 67.3 cm³/mol. The third-order valence-electron chi connectivity index (χ3n) is 2.28. The molecule has 17 heavy (non-hydrogen) atoms. The van der Waals surface area contributed by atoms with Gasteiger partial charge >= 0.3 is 0 Å². The summed E-state index contributed by atoms with van der Waals surface area (Å²) in [6, 6.07) is 0. The van der Waals surface area contributed by atoms with Crippen LogP contribution in [0.5, 0.6) is 0 Å². The molecule has 90 valence electrons. The fraction of sp³-hybridized carbons (Fsp3) is 0.300. The first-order valence-corrected chi connectivity index (χ1v) is 5.55. The van der Waals surface area contributed by atoms with Gasteiger partial charge in [0.15, 0.2) is 5.82 Å². The number of nitrogen functional groups attached to an aromatic ring is 1. The zero-order valence-electron chi connectivity index (χ0n) is 9.61. The van der Waals surface area contributed by atoms with Crippen molar-refractivity contribution in [3.05, 3.63) is 23.4 Å². The normalized spacial score (nSPS) is 10.5. The maximum atomic E-state index is 5.76. The van der Waals surface area contributed by atoms with Crippen molar-refractivity contribution in [1.29, 1.82) is 0 Å². The van der Waals surface area contributed by atoms with E-state index in [4.69, 9.17) is 17.3 Å². The minimum Gasteiger partial charge on any atom is -0.394 e. The van der Waals surface area contributed by atoms with Crippen molar-refractivity contribution in [1.82, 2.24) is 19.7 Å². The average molecular weight is 253 g/mol. The zero-order valence-corrected chi connectivity index (χ0v) is 10.4. The third kappa shape index (κ3) is 2.47. The molecule has 0 atom stereocenters. The van der Waals surface area contributed by atoms with Crippen molar-refractivity contribution in [2.45, 2.75) is 13.3 Å². The molecule has 2 aromatic rings. The molecule has 0 fully saturated rings. The summed E-state index contributed by atoms with van der Waals surface area (Å²) in [7, 11) is 1.86. The van der Waals surface area contributed by atoms with Gasteiger partial charge in [-0.2, -0.15) is 10.1 Å². The highest BCUT2D eigenvalue weighted by atomic mass is 35.5. The lowest BCUT2D eigenvalue weighted by Gasteiger charge is -2.06. The highest BCUT2D eigenvalue weighted by Crippen LogP contribution is 2.23. The van der Waals surface area contributed by atoms with Gasteiger partial charge in [0.1, 0.15) is 0 Å². The number of halogens is 1. The fourth-order valence-electron chi connectivity index (χ4n) is 1.50. The molecule has 0 saturated carbocycles. The molecule has 0 aliphatic rings. The second-order valence-electron chi connectivity index (χ2n) is 3.58. The minimum absolute atomic E-state index is 0.156. The number of rotatable bonds is 3. The molecular weight excluding hydrogens is 240 g/mol. The van der Waals surface area contributed by atoms with E-state index in [1.807, 2.05) is 20.2 Å². The largest absolute Gasteiger partial charge is 0.394 e. The monoisotopic (exact) mass is 252 g/mol. The van der Waals surface area contributed by atoms with Crippen molar-refractivity contribution >= 4 is 28.8 Å². The summed E-state index contributed by atoms with van der Waals surface area (Å²) >= 11 is 5.72. The lowest BCUT2D eigenvalue weighted by molar-refractivity contribution is 0.746. The number of nitrogens with zero attached hydrogens (tertiary/aromatic N) is 4. The Hall–Kier alpha value is -1.82. The van der Waals surface area contributed by atoms with E-state index in [2.05, 4.69) is 20.4 Å². The summed E-state index contributed by atoms with van der Waals surface area (Å²) in [5.74, 6) is 0.493. The van der Waals surface area contributed by atoms with Gasteiger partial charge in [0.25, 0.3) is 0 Å². The van der Waals surface area contributed by atoms with Gasteiger partial charge in [0.05, 0.1) is 23.3 Å². The molecule has 0 amide bonds. The van der Waals surface area contributed by atoms with Crippen LogP contribution in [0.3, 0.4) is 0 Å². The van der Waals surface area contributed by atoms with Crippen LogP contribution in [0.25, 0.3) is 0 Å². The lowest BCUT2D eigenvalue weighted by atomic mass is 10.3. The van der Waals surface area contributed by atoms with Crippen LogP contribution in [0, 0.1) is 0 Å². The Balaban J connectivity index is 2.33. The smallest absolute Gasteiger partial charge is 0.224 e. The van der Waals surface area contributed by atoms with Crippen LogP contribution in [0.2, 0.25) is 5.28 Å². The Morgan fingerprint density at radius 2 is 2.29 bits per heavy atom.